The summed E-state index contributed by atoms with van der Waals surface area (Å²) in [5, 5.41) is 4.13. The van der Waals surface area contributed by atoms with Crippen molar-refractivity contribution in [1.29, 1.82) is 0 Å². The normalized spacial score (nSPS) is 10.9. The number of fused-ring (bicyclic) bond motifs is 1. The first-order chi connectivity index (χ1) is 10.4. The van der Waals surface area contributed by atoms with E-state index in [0.717, 1.165) is 33.6 Å². The maximum absolute atomic E-state index is 5.59. The number of aromatic nitrogens is 3. The van der Waals surface area contributed by atoms with Gasteiger partial charge >= 0.3 is 0 Å². The second-order valence-corrected chi connectivity index (χ2v) is 5.48. The van der Waals surface area contributed by atoms with Gasteiger partial charge in [-0.1, -0.05) is 18.2 Å². The lowest BCUT2D eigenvalue weighted by atomic mass is 10.1. The highest BCUT2D eigenvalue weighted by Crippen LogP contribution is 2.21. The molecule has 0 spiro atoms. The lowest BCUT2D eigenvalue weighted by Crippen LogP contribution is -1.99. The molecular formula is C17H21N5. The van der Waals surface area contributed by atoms with Gasteiger partial charge in [0.15, 0.2) is 0 Å². The van der Waals surface area contributed by atoms with Crippen LogP contribution in [0.25, 0.3) is 11.1 Å². The fourth-order valence-electron chi connectivity index (χ4n) is 2.01. The van der Waals surface area contributed by atoms with Gasteiger partial charge in [-0.2, -0.15) is 0 Å². The van der Waals surface area contributed by atoms with E-state index in [4.69, 9.17) is 5.73 Å². The van der Waals surface area contributed by atoms with Crippen molar-refractivity contribution < 1.29 is 0 Å². The fourth-order valence-corrected chi connectivity index (χ4v) is 2.01. The van der Waals surface area contributed by atoms with Gasteiger partial charge in [0, 0.05) is 17.5 Å². The molecule has 0 aromatic carbocycles. The molecule has 0 unspecified atom stereocenters. The van der Waals surface area contributed by atoms with Gasteiger partial charge in [-0.05, 0) is 45.4 Å². The Morgan fingerprint density at radius 2 is 2.00 bits per heavy atom. The molecule has 5 nitrogen and oxygen atoms in total. The van der Waals surface area contributed by atoms with Crippen molar-refractivity contribution in [3.63, 3.8) is 0 Å². The van der Waals surface area contributed by atoms with Crippen molar-refractivity contribution in [1.82, 2.24) is 14.6 Å². The minimum atomic E-state index is 0.246. The number of nitrogens with two attached hydrogens (primary N) is 1. The highest BCUT2D eigenvalue weighted by molar-refractivity contribution is 5.83. The van der Waals surface area contributed by atoms with Gasteiger partial charge in [0.1, 0.15) is 0 Å². The van der Waals surface area contributed by atoms with E-state index >= 15 is 0 Å². The van der Waals surface area contributed by atoms with E-state index < -0.39 is 0 Å². The van der Waals surface area contributed by atoms with E-state index in [1.807, 2.05) is 52.1 Å². The lowest BCUT2D eigenvalue weighted by Gasteiger charge is -2.02. The average Bonchev–Trinajstić information content (AvgIpc) is 2.85. The van der Waals surface area contributed by atoms with Gasteiger partial charge < -0.3 is 5.73 Å². The molecule has 2 aromatic rings. The van der Waals surface area contributed by atoms with Crippen LogP contribution >= 0.6 is 0 Å². The summed E-state index contributed by atoms with van der Waals surface area (Å²) in [5.74, 6) is 0.246. The van der Waals surface area contributed by atoms with Crippen LogP contribution in [0, 0.1) is 0 Å². The molecular weight excluding hydrogens is 274 g/mol. The molecule has 0 aliphatic heterocycles. The zero-order chi connectivity index (χ0) is 16.3. The van der Waals surface area contributed by atoms with Gasteiger partial charge in [-0.3, -0.25) is 4.99 Å². The fraction of sp³-hybridized carbons (Fsp3) is 0.235. The van der Waals surface area contributed by atoms with E-state index in [1.54, 1.807) is 10.7 Å². The van der Waals surface area contributed by atoms with Crippen molar-refractivity contribution in [2.45, 2.75) is 27.7 Å². The van der Waals surface area contributed by atoms with E-state index in [9.17, 15) is 0 Å². The van der Waals surface area contributed by atoms with E-state index in [-0.39, 0.29) is 5.95 Å². The number of aliphatic imine (C=N–C) groups is 1. The molecule has 0 atom stereocenters. The number of anilines is 1. The van der Waals surface area contributed by atoms with Gasteiger partial charge in [0.2, 0.25) is 5.95 Å². The third kappa shape index (κ3) is 3.49. The van der Waals surface area contributed by atoms with Crippen molar-refractivity contribution in [2.75, 3.05) is 5.73 Å². The van der Waals surface area contributed by atoms with Crippen molar-refractivity contribution in [2.24, 2.45) is 4.99 Å². The predicted molar refractivity (Wildman–Crippen MR) is 92.7 cm³/mol. The summed E-state index contributed by atoms with van der Waals surface area (Å²) < 4.78 is 1.70. The lowest BCUT2D eigenvalue weighted by molar-refractivity contribution is 0.917. The van der Waals surface area contributed by atoms with Crippen LogP contribution in [-0.4, -0.2) is 20.3 Å². The summed E-state index contributed by atoms with van der Waals surface area (Å²) in [4.78, 5) is 8.56. The zero-order valence-electron chi connectivity index (χ0n) is 13.5. The quantitative estimate of drug-likeness (QED) is 0.691. The minimum Gasteiger partial charge on any atom is -0.367 e. The van der Waals surface area contributed by atoms with Crippen molar-refractivity contribution >= 4 is 22.7 Å². The Kier molecular flexibility index (Phi) is 4.56. The summed E-state index contributed by atoms with van der Waals surface area (Å²) in [7, 11) is 0. The molecule has 0 bridgehead atoms. The Balaban J connectivity index is 2.33. The summed E-state index contributed by atoms with van der Waals surface area (Å²) in [6, 6.07) is 1.95. The third-order valence-corrected chi connectivity index (χ3v) is 3.08. The van der Waals surface area contributed by atoms with Gasteiger partial charge in [0.25, 0.3) is 0 Å². The molecule has 114 valence electrons. The molecule has 0 aliphatic rings. The van der Waals surface area contributed by atoms with Gasteiger partial charge in [-0.25, -0.2) is 9.50 Å². The Bertz CT molecular complexity index is 798. The van der Waals surface area contributed by atoms with Crippen LogP contribution in [0.3, 0.4) is 0 Å². The minimum absolute atomic E-state index is 0.246. The van der Waals surface area contributed by atoms with Crippen LogP contribution < -0.4 is 5.73 Å². The number of nitrogens with zero attached hydrogens (tertiary/aromatic N) is 4. The smallest absolute Gasteiger partial charge is 0.238 e. The van der Waals surface area contributed by atoms with Gasteiger partial charge in [-0.15, -0.1) is 5.10 Å². The number of hydrogen-bond donors (Lipinski definition) is 1. The van der Waals surface area contributed by atoms with Crippen LogP contribution in [0.1, 0.15) is 33.3 Å². The summed E-state index contributed by atoms with van der Waals surface area (Å²) >= 11 is 0. The predicted octanol–water partition coefficient (Wildman–Crippen LogP) is 3.66. The van der Waals surface area contributed by atoms with Crippen LogP contribution in [-0.2, 0) is 0 Å². The van der Waals surface area contributed by atoms with Crippen LogP contribution in [0.2, 0.25) is 0 Å². The van der Waals surface area contributed by atoms with Crippen LogP contribution in [0.4, 0.5) is 5.95 Å². The van der Waals surface area contributed by atoms with Crippen molar-refractivity contribution in [3.8, 4) is 0 Å². The summed E-state index contributed by atoms with van der Waals surface area (Å²) in [6.07, 6.45) is 7.48. The maximum Gasteiger partial charge on any atom is 0.238 e. The van der Waals surface area contributed by atoms with E-state index in [2.05, 4.69) is 21.7 Å². The monoisotopic (exact) mass is 295 g/mol. The second-order valence-electron chi connectivity index (χ2n) is 5.48. The maximum atomic E-state index is 5.59. The summed E-state index contributed by atoms with van der Waals surface area (Å²) in [6.45, 7) is 12.2. The van der Waals surface area contributed by atoms with E-state index in [0.29, 0.717) is 0 Å². The SMILES string of the molecule is C=C(/C=C\C(N=C(C)C)=C(C)C)c1ccn2nc(N)ncc12. The largest absolute Gasteiger partial charge is 0.367 e. The molecule has 2 heterocycles. The van der Waals surface area contributed by atoms with Crippen molar-refractivity contribution in [3.05, 3.63) is 54.0 Å². The summed E-state index contributed by atoms with van der Waals surface area (Å²) in [5.41, 5.74) is 11.4. The molecule has 2 rings (SSSR count). The molecule has 0 saturated carbocycles. The second kappa shape index (κ2) is 6.39. The number of rotatable bonds is 4. The molecule has 5 heteroatoms. The number of nitrogen functional groups attached to an aromatic ring is 1. The Morgan fingerprint density at radius 1 is 1.27 bits per heavy atom. The number of hydrogen-bond acceptors (Lipinski definition) is 4. The first-order valence-corrected chi connectivity index (χ1v) is 7.05. The van der Waals surface area contributed by atoms with Crippen LogP contribution in [0.15, 0.2) is 53.5 Å². The molecule has 2 N–H and O–H groups in total. The molecule has 2 aromatic heterocycles. The Labute approximate surface area is 130 Å². The first kappa shape index (κ1) is 15.7. The highest BCUT2D eigenvalue weighted by Gasteiger charge is 2.06. The molecule has 0 radical (unpaired) electrons. The Hall–Kier alpha value is -2.69. The van der Waals surface area contributed by atoms with Crippen LogP contribution in [0.5, 0.6) is 0 Å². The zero-order valence-corrected chi connectivity index (χ0v) is 13.5. The molecule has 0 amide bonds. The number of allylic oxidation sites excluding steroid dienone is 4. The highest BCUT2D eigenvalue weighted by atomic mass is 15.3. The van der Waals surface area contributed by atoms with Gasteiger partial charge in [0.05, 0.1) is 17.4 Å². The molecule has 22 heavy (non-hydrogen) atoms. The molecule has 0 aliphatic carbocycles. The van der Waals surface area contributed by atoms with E-state index in [1.165, 1.54) is 0 Å². The first-order valence-electron chi connectivity index (χ1n) is 7.05. The molecule has 0 fully saturated rings. The third-order valence-electron chi connectivity index (χ3n) is 3.08. The topological polar surface area (TPSA) is 68.6 Å². The molecule has 0 saturated heterocycles. The Morgan fingerprint density at radius 3 is 2.64 bits per heavy atom. The standard InChI is InChI=1S/C17H21N5/c1-11(2)15(20-12(3)4)7-6-13(5)14-8-9-22-16(14)10-19-17(18)21-22/h6-10H,5H2,1-4H3,(H2,18,21)/b7-6-. The average molecular weight is 295 g/mol.